The molecule has 5 heteroatoms. The third-order valence-corrected chi connectivity index (χ3v) is 2.74. The first-order valence-electron chi connectivity index (χ1n) is 4.58. The third kappa shape index (κ3) is 3.63. The topological polar surface area (TPSA) is 43.1 Å². The molecule has 1 amide bonds. The fourth-order valence-corrected chi connectivity index (χ4v) is 2.06. The molecule has 2 nitrogen and oxygen atoms in total. The summed E-state index contributed by atoms with van der Waals surface area (Å²) in [5.41, 5.74) is 7.61. The quantitative estimate of drug-likeness (QED) is 0.566. The first-order valence-corrected chi connectivity index (χ1v) is 6.28. The third-order valence-electron chi connectivity index (χ3n) is 2.01. The summed E-state index contributed by atoms with van der Waals surface area (Å²) in [6.45, 7) is 4.21. The predicted molar refractivity (Wildman–Crippen MR) is 64.8 cm³/mol. The van der Waals surface area contributed by atoms with Crippen molar-refractivity contribution in [2.45, 2.75) is 12.5 Å². The van der Waals surface area contributed by atoms with Gasteiger partial charge in [-0.1, -0.05) is 0 Å². The van der Waals surface area contributed by atoms with Gasteiger partial charge in [0.1, 0.15) is 0 Å². The Hall–Kier alpha value is -0.620. The van der Waals surface area contributed by atoms with Crippen molar-refractivity contribution in [3.05, 3.63) is 29.1 Å². The van der Waals surface area contributed by atoms with E-state index < -0.39 is 0 Å². The molecule has 1 radical (unpaired) electrons. The summed E-state index contributed by atoms with van der Waals surface area (Å²) in [4.78, 5) is 10.6. The Morgan fingerprint density at radius 2 is 2.43 bits per heavy atom. The molecular formula is C9H13B2NOP. The zero-order valence-corrected chi connectivity index (χ0v) is 9.29. The number of hydrogen-bond donors (Lipinski definition) is 1. The van der Waals surface area contributed by atoms with Gasteiger partial charge in [0, 0.05) is 0 Å². The minimum absolute atomic E-state index is 0.348. The maximum absolute atomic E-state index is 10.6. The van der Waals surface area contributed by atoms with Gasteiger partial charge in [-0.2, -0.15) is 0 Å². The van der Waals surface area contributed by atoms with Crippen LogP contribution >= 0.6 is 8.58 Å². The van der Waals surface area contributed by atoms with Crippen molar-refractivity contribution in [1.29, 1.82) is 0 Å². The second-order valence-corrected chi connectivity index (χ2v) is 4.17. The first kappa shape index (κ1) is 11.5. The Bertz CT molecular complexity index is 319. The van der Waals surface area contributed by atoms with Crippen LogP contribution in [0, 0.1) is 0 Å². The van der Waals surface area contributed by atoms with Crippen LogP contribution in [0.4, 0.5) is 4.79 Å². The zero-order chi connectivity index (χ0) is 10.4. The van der Waals surface area contributed by atoms with Gasteiger partial charge in [0.2, 0.25) is 0 Å². The van der Waals surface area contributed by atoms with Crippen molar-refractivity contribution < 1.29 is 4.79 Å². The van der Waals surface area contributed by atoms with Gasteiger partial charge in [-0.05, 0) is 0 Å². The van der Waals surface area contributed by atoms with Crippen LogP contribution in [0.15, 0.2) is 18.0 Å². The van der Waals surface area contributed by atoms with Gasteiger partial charge in [0.05, 0.1) is 0 Å². The summed E-state index contributed by atoms with van der Waals surface area (Å²) >= 11 is 0. The van der Waals surface area contributed by atoms with E-state index in [1.54, 1.807) is 0 Å². The number of amides is 1. The van der Waals surface area contributed by atoms with Crippen LogP contribution in [-0.2, 0) is 12.5 Å². The Balaban J connectivity index is 2.68. The normalized spacial score (nSPS) is 10.4. The molecule has 0 spiro atoms. The van der Waals surface area contributed by atoms with Crippen molar-refractivity contribution in [2.24, 2.45) is 5.73 Å². The van der Waals surface area contributed by atoms with E-state index in [1.807, 2.05) is 12.9 Å². The fourth-order valence-electron chi connectivity index (χ4n) is 1.33. The predicted octanol–water partition coefficient (Wildman–Crippen LogP) is 1.12. The number of hydrogen-bond acceptors (Lipinski definition) is 1. The second kappa shape index (κ2) is 5.98. The molecule has 1 unspecified atom stereocenters. The maximum atomic E-state index is 10.6. The van der Waals surface area contributed by atoms with Crippen molar-refractivity contribution in [3.8, 4) is 0 Å². The van der Waals surface area contributed by atoms with Crippen molar-refractivity contribution in [1.82, 2.24) is 0 Å². The SMILES string of the molecule is CPCc1cbccc1C[B]C(N)=O. The molecule has 1 atom stereocenters. The van der Waals surface area contributed by atoms with Gasteiger partial charge in [-0.15, -0.1) is 0 Å². The fraction of sp³-hybridized carbons (Fsp3) is 0.333. The van der Waals surface area contributed by atoms with E-state index in [4.69, 9.17) is 5.73 Å². The molecule has 1 rings (SSSR count). The van der Waals surface area contributed by atoms with Gasteiger partial charge in [-0.25, -0.2) is 0 Å². The monoisotopic (exact) mass is 204 g/mol. The molecule has 0 fully saturated rings. The van der Waals surface area contributed by atoms with Gasteiger partial charge < -0.3 is 0 Å². The summed E-state index contributed by atoms with van der Waals surface area (Å²) in [7, 11) is 2.43. The first-order chi connectivity index (χ1) is 6.74. The van der Waals surface area contributed by atoms with E-state index in [-0.39, 0.29) is 5.81 Å². The molecule has 71 valence electrons. The summed E-state index contributed by atoms with van der Waals surface area (Å²) in [6, 6.07) is 2.05. The van der Waals surface area contributed by atoms with Crippen molar-refractivity contribution in [2.75, 3.05) is 6.66 Å². The minimum atomic E-state index is -0.348. The summed E-state index contributed by atoms with van der Waals surface area (Å²) in [5.74, 6) is 3.76. The van der Waals surface area contributed by atoms with Crippen molar-refractivity contribution in [3.63, 3.8) is 0 Å². The zero-order valence-electron chi connectivity index (χ0n) is 8.29. The molecule has 0 saturated heterocycles. The number of primary amides is 1. The average molecular weight is 204 g/mol. The van der Waals surface area contributed by atoms with Crippen molar-refractivity contribution >= 4 is 28.6 Å². The summed E-state index contributed by atoms with van der Waals surface area (Å²) in [6.07, 6.45) is 1.73. The molecule has 0 bridgehead atoms. The average Bonchev–Trinajstić information content (AvgIpc) is 2.17. The van der Waals surface area contributed by atoms with E-state index >= 15 is 0 Å². The Morgan fingerprint density at radius 3 is 3.07 bits per heavy atom. The van der Waals surface area contributed by atoms with E-state index in [2.05, 4.69) is 18.7 Å². The van der Waals surface area contributed by atoms with E-state index in [0.29, 0.717) is 6.32 Å². The molecule has 1 heterocycles. The summed E-state index contributed by atoms with van der Waals surface area (Å²) in [5, 5.41) is 0. The van der Waals surface area contributed by atoms with Gasteiger partial charge in [0.25, 0.3) is 0 Å². The molecule has 2 N–H and O–H groups in total. The van der Waals surface area contributed by atoms with Crippen LogP contribution in [0.25, 0.3) is 0 Å². The van der Waals surface area contributed by atoms with E-state index in [1.165, 1.54) is 18.4 Å². The van der Waals surface area contributed by atoms with Crippen LogP contribution in [0.5, 0.6) is 0 Å². The molecular weight excluding hydrogens is 191 g/mol. The van der Waals surface area contributed by atoms with Crippen LogP contribution in [-0.4, -0.2) is 26.7 Å². The molecule has 1 aromatic rings. The summed E-state index contributed by atoms with van der Waals surface area (Å²) < 4.78 is 0. The molecule has 14 heavy (non-hydrogen) atoms. The van der Waals surface area contributed by atoms with Gasteiger partial charge in [-0.3, -0.25) is 0 Å². The number of nitrogens with two attached hydrogens (primary N) is 1. The number of rotatable bonds is 5. The standard InChI is InChI=1S/C9H13B2NOP/c1-14-6-8-4-10-3-2-7(8)5-11-9(12)13/h2-4,14H,5-6H2,1H3,(H2,12,13). The molecule has 0 aliphatic carbocycles. The van der Waals surface area contributed by atoms with E-state index in [9.17, 15) is 4.79 Å². The number of carbonyl (C=O) groups excluding carboxylic acids is 1. The molecule has 1 aromatic heterocycles. The molecule has 0 saturated carbocycles. The van der Waals surface area contributed by atoms with Gasteiger partial charge in [0.15, 0.2) is 0 Å². The second-order valence-electron chi connectivity index (χ2n) is 3.11. The van der Waals surface area contributed by atoms with Crippen LogP contribution in [0.2, 0.25) is 0 Å². The molecule has 0 aliphatic heterocycles. The van der Waals surface area contributed by atoms with E-state index in [0.717, 1.165) is 14.7 Å². The Labute approximate surface area is 87.9 Å². The molecule has 0 aromatic carbocycles. The number of carbonyl (C=O) groups is 1. The molecule has 0 aliphatic rings. The Morgan fingerprint density at radius 1 is 1.64 bits per heavy atom. The van der Waals surface area contributed by atoms with Gasteiger partial charge >= 0.3 is 87.4 Å². The van der Waals surface area contributed by atoms with Crippen LogP contribution in [0.3, 0.4) is 0 Å². The Kier molecular flexibility index (Phi) is 4.89. The van der Waals surface area contributed by atoms with Crippen LogP contribution < -0.4 is 5.73 Å². The van der Waals surface area contributed by atoms with Crippen LogP contribution in [0.1, 0.15) is 11.1 Å².